The molecule has 1 heterocycles. The standard InChI is InChI=1S/C14H28O/c1-8-12-10(3)9(2)11(4)13(15-12)14(5,6)7/h9-13H,8H2,1-7H3/t9-,10+,11?,12?,13+/m0/s1. The molecule has 0 aromatic carbocycles. The van der Waals surface area contributed by atoms with Gasteiger partial charge in [-0.1, -0.05) is 48.5 Å². The van der Waals surface area contributed by atoms with Crippen LogP contribution in [0.4, 0.5) is 0 Å². The average molecular weight is 212 g/mol. The topological polar surface area (TPSA) is 9.23 Å². The Morgan fingerprint density at radius 1 is 0.933 bits per heavy atom. The van der Waals surface area contributed by atoms with E-state index in [9.17, 15) is 0 Å². The first-order valence-electron chi connectivity index (χ1n) is 6.44. The SMILES string of the molecule is CCC1O[C@@H](C(C)(C)C)C(C)[C@@H](C)[C@H]1C. The van der Waals surface area contributed by atoms with Crippen molar-refractivity contribution in [2.45, 2.75) is 67.1 Å². The Balaban J connectivity index is 2.83. The second-order valence-electron chi connectivity index (χ2n) is 6.45. The highest BCUT2D eigenvalue weighted by molar-refractivity contribution is 4.90. The summed E-state index contributed by atoms with van der Waals surface area (Å²) >= 11 is 0. The third kappa shape index (κ3) is 2.55. The van der Waals surface area contributed by atoms with Gasteiger partial charge in [-0.05, 0) is 29.6 Å². The summed E-state index contributed by atoms with van der Waals surface area (Å²) < 4.78 is 6.29. The van der Waals surface area contributed by atoms with Crippen LogP contribution in [0.1, 0.15) is 54.9 Å². The molecule has 0 spiro atoms. The molecule has 1 aliphatic rings. The Kier molecular flexibility index (Phi) is 3.86. The summed E-state index contributed by atoms with van der Waals surface area (Å²) in [6, 6.07) is 0. The molecule has 0 saturated carbocycles. The van der Waals surface area contributed by atoms with Crippen molar-refractivity contribution < 1.29 is 4.74 Å². The molecule has 1 heteroatoms. The number of hydrogen-bond acceptors (Lipinski definition) is 1. The van der Waals surface area contributed by atoms with Gasteiger partial charge in [-0.2, -0.15) is 0 Å². The predicted molar refractivity (Wildman–Crippen MR) is 65.9 cm³/mol. The van der Waals surface area contributed by atoms with Gasteiger partial charge in [0.15, 0.2) is 0 Å². The minimum Gasteiger partial charge on any atom is -0.374 e. The van der Waals surface area contributed by atoms with Crippen molar-refractivity contribution >= 4 is 0 Å². The zero-order chi connectivity index (χ0) is 11.8. The Bertz CT molecular complexity index is 202. The highest BCUT2D eigenvalue weighted by Gasteiger charge is 2.42. The zero-order valence-electron chi connectivity index (χ0n) is 11.5. The predicted octanol–water partition coefficient (Wildman–Crippen LogP) is 4.12. The molecule has 0 N–H and O–H groups in total. The quantitative estimate of drug-likeness (QED) is 0.635. The molecule has 5 atom stereocenters. The highest BCUT2D eigenvalue weighted by Crippen LogP contribution is 2.42. The van der Waals surface area contributed by atoms with E-state index in [2.05, 4.69) is 48.5 Å². The minimum absolute atomic E-state index is 0.265. The molecule has 1 fully saturated rings. The maximum absolute atomic E-state index is 6.29. The summed E-state index contributed by atoms with van der Waals surface area (Å²) in [5.74, 6) is 2.14. The second kappa shape index (κ2) is 4.45. The lowest BCUT2D eigenvalue weighted by atomic mass is 9.69. The molecule has 15 heavy (non-hydrogen) atoms. The summed E-state index contributed by atoms with van der Waals surface area (Å²) in [5, 5.41) is 0. The van der Waals surface area contributed by atoms with Crippen molar-refractivity contribution in [3.63, 3.8) is 0 Å². The zero-order valence-corrected chi connectivity index (χ0v) is 11.5. The van der Waals surface area contributed by atoms with Gasteiger partial charge in [-0.15, -0.1) is 0 Å². The molecule has 1 aliphatic heterocycles. The van der Waals surface area contributed by atoms with Crippen molar-refractivity contribution in [3.8, 4) is 0 Å². The molecule has 0 aromatic heterocycles. The van der Waals surface area contributed by atoms with Gasteiger partial charge in [0.05, 0.1) is 12.2 Å². The highest BCUT2D eigenvalue weighted by atomic mass is 16.5. The fourth-order valence-electron chi connectivity index (χ4n) is 2.99. The molecule has 1 nitrogen and oxygen atoms in total. The fourth-order valence-corrected chi connectivity index (χ4v) is 2.99. The van der Waals surface area contributed by atoms with Gasteiger partial charge in [-0.3, -0.25) is 0 Å². The van der Waals surface area contributed by atoms with E-state index in [0.717, 1.165) is 12.3 Å². The van der Waals surface area contributed by atoms with E-state index < -0.39 is 0 Å². The third-order valence-electron chi connectivity index (χ3n) is 4.30. The summed E-state index contributed by atoms with van der Waals surface area (Å²) in [6.07, 6.45) is 2.01. The lowest BCUT2D eigenvalue weighted by Crippen LogP contribution is -2.49. The van der Waals surface area contributed by atoms with E-state index >= 15 is 0 Å². The Hall–Kier alpha value is -0.0400. The Morgan fingerprint density at radius 3 is 1.87 bits per heavy atom. The van der Waals surface area contributed by atoms with Gasteiger partial charge in [0.2, 0.25) is 0 Å². The van der Waals surface area contributed by atoms with Crippen molar-refractivity contribution in [1.29, 1.82) is 0 Å². The monoisotopic (exact) mass is 212 g/mol. The Morgan fingerprint density at radius 2 is 1.47 bits per heavy atom. The first-order valence-corrected chi connectivity index (χ1v) is 6.44. The largest absolute Gasteiger partial charge is 0.374 e. The average Bonchev–Trinajstić information content (AvgIpc) is 2.13. The van der Waals surface area contributed by atoms with Gasteiger partial charge in [0.25, 0.3) is 0 Å². The van der Waals surface area contributed by atoms with E-state index in [1.165, 1.54) is 0 Å². The van der Waals surface area contributed by atoms with Crippen LogP contribution in [0.5, 0.6) is 0 Å². The van der Waals surface area contributed by atoms with Crippen LogP contribution >= 0.6 is 0 Å². The maximum atomic E-state index is 6.29. The van der Waals surface area contributed by atoms with Gasteiger partial charge in [0, 0.05) is 0 Å². The maximum Gasteiger partial charge on any atom is 0.0655 e. The first-order chi connectivity index (χ1) is 6.79. The lowest BCUT2D eigenvalue weighted by Gasteiger charge is -2.48. The second-order valence-corrected chi connectivity index (χ2v) is 6.45. The van der Waals surface area contributed by atoms with E-state index in [1.807, 2.05) is 0 Å². The molecule has 0 aliphatic carbocycles. The molecular weight excluding hydrogens is 184 g/mol. The van der Waals surface area contributed by atoms with Gasteiger partial charge in [-0.25, -0.2) is 0 Å². The number of ether oxygens (including phenoxy) is 1. The van der Waals surface area contributed by atoms with E-state index in [4.69, 9.17) is 4.74 Å². The van der Waals surface area contributed by atoms with E-state index in [1.54, 1.807) is 0 Å². The molecule has 90 valence electrons. The molecule has 0 bridgehead atoms. The van der Waals surface area contributed by atoms with Crippen LogP contribution in [0.15, 0.2) is 0 Å². The van der Waals surface area contributed by atoms with E-state index in [0.29, 0.717) is 24.0 Å². The van der Waals surface area contributed by atoms with Crippen LogP contribution < -0.4 is 0 Å². The van der Waals surface area contributed by atoms with Gasteiger partial charge in [0.1, 0.15) is 0 Å². The molecule has 1 rings (SSSR count). The number of hydrogen-bond donors (Lipinski definition) is 0. The molecule has 2 unspecified atom stereocenters. The molecule has 0 amide bonds. The fraction of sp³-hybridized carbons (Fsp3) is 1.00. The summed E-state index contributed by atoms with van der Waals surface area (Å²) in [4.78, 5) is 0. The summed E-state index contributed by atoms with van der Waals surface area (Å²) in [5.41, 5.74) is 0.265. The number of rotatable bonds is 1. The van der Waals surface area contributed by atoms with E-state index in [-0.39, 0.29) is 5.41 Å². The van der Waals surface area contributed by atoms with Crippen LogP contribution in [0.25, 0.3) is 0 Å². The van der Waals surface area contributed by atoms with Crippen LogP contribution in [0.2, 0.25) is 0 Å². The summed E-state index contributed by atoms with van der Waals surface area (Å²) in [6.45, 7) is 16.2. The minimum atomic E-state index is 0.265. The summed E-state index contributed by atoms with van der Waals surface area (Å²) in [7, 11) is 0. The van der Waals surface area contributed by atoms with Crippen LogP contribution in [0.3, 0.4) is 0 Å². The third-order valence-corrected chi connectivity index (χ3v) is 4.30. The normalized spacial score (nSPS) is 43.0. The van der Waals surface area contributed by atoms with Crippen molar-refractivity contribution in [2.24, 2.45) is 23.2 Å². The van der Waals surface area contributed by atoms with Gasteiger partial charge >= 0.3 is 0 Å². The van der Waals surface area contributed by atoms with Crippen LogP contribution in [-0.4, -0.2) is 12.2 Å². The van der Waals surface area contributed by atoms with Crippen LogP contribution in [0, 0.1) is 23.2 Å². The van der Waals surface area contributed by atoms with Crippen molar-refractivity contribution in [1.82, 2.24) is 0 Å². The lowest BCUT2D eigenvalue weighted by molar-refractivity contribution is -0.171. The molecule has 1 saturated heterocycles. The molecule has 0 aromatic rings. The first kappa shape index (κ1) is 13.0. The van der Waals surface area contributed by atoms with Gasteiger partial charge < -0.3 is 4.74 Å². The van der Waals surface area contributed by atoms with Crippen LogP contribution in [-0.2, 0) is 4.74 Å². The molecular formula is C14H28O. The Labute approximate surface area is 95.6 Å². The smallest absolute Gasteiger partial charge is 0.0655 e. The molecule has 0 radical (unpaired) electrons. The van der Waals surface area contributed by atoms with Crippen molar-refractivity contribution in [2.75, 3.05) is 0 Å². The van der Waals surface area contributed by atoms with Crippen molar-refractivity contribution in [3.05, 3.63) is 0 Å².